The average molecular weight is 336 g/mol. The average Bonchev–Trinajstić information content (AvgIpc) is 3.28. The predicted molar refractivity (Wildman–Crippen MR) is 96.7 cm³/mol. The number of aliphatic hydroxyl groups is 1. The van der Waals surface area contributed by atoms with E-state index in [2.05, 4.69) is 10.2 Å². The number of fused-ring (bicyclic) bond motifs is 1. The molecule has 5 heteroatoms. The summed E-state index contributed by atoms with van der Waals surface area (Å²) in [6, 6.07) is 15.3. The van der Waals surface area contributed by atoms with E-state index < -0.39 is 0 Å². The number of hydrogen-bond donors (Lipinski definition) is 2. The van der Waals surface area contributed by atoms with E-state index in [9.17, 15) is 9.90 Å². The van der Waals surface area contributed by atoms with Gasteiger partial charge in [0.1, 0.15) is 5.58 Å². The van der Waals surface area contributed by atoms with Gasteiger partial charge in [-0.1, -0.05) is 24.3 Å². The molecule has 4 rings (SSSR count). The molecule has 1 saturated heterocycles. The molecule has 2 N–H and O–H groups in total. The molecule has 0 saturated carbocycles. The van der Waals surface area contributed by atoms with Crippen LogP contribution in [-0.4, -0.2) is 30.2 Å². The van der Waals surface area contributed by atoms with Gasteiger partial charge in [0.05, 0.1) is 12.4 Å². The van der Waals surface area contributed by atoms with Gasteiger partial charge < -0.3 is 19.7 Å². The predicted octanol–water partition coefficient (Wildman–Crippen LogP) is 2.93. The summed E-state index contributed by atoms with van der Waals surface area (Å²) in [5.74, 6) is -0.130. The number of para-hydroxylation sites is 1. The van der Waals surface area contributed by atoms with Gasteiger partial charge in [-0.15, -0.1) is 0 Å². The first-order valence-corrected chi connectivity index (χ1v) is 8.47. The second-order valence-corrected chi connectivity index (χ2v) is 6.37. The lowest BCUT2D eigenvalue weighted by atomic mass is 10.1. The molecule has 2 heterocycles. The number of aliphatic hydroxyl groups excluding tert-OH is 1. The van der Waals surface area contributed by atoms with Crippen LogP contribution in [0.5, 0.6) is 0 Å². The molecule has 1 aliphatic rings. The van der Waals surface area contributed by atoms with Crippen LogP contribution in [0.3, 0.4) is 0 Å². The first-order chi connectivity index (χ1) is 12.2. The highest BCUT2D eigenvalue weighted by atomic mass is 16.3. The third kappa shape index (κ3) is 3.23. The molecule has 1 aromatic heterocycles. The number of carbonyl (C=O) groups excluding carboxylic acids is 1. The van der Waals surface area contributed by atoms with Gasteiger partial charge in [-0.05, 0) is 36.2 Å². The SMILES string of the molecule is O=C(NCc1ccccc1N1CC[C@@H](O)C1)c1ccc2ccoc2c1. The highest BCUT2D eigenvalue weighted by molar-refractivity contribution is 5.97. The molecule has 25 heavy (non-hydrogen) atoms. The molecule has 128 valence electrons. The van der Waals surface area contributed by atoms with Crippen LogP contribution in [0.2, 0.25) is 0 Å². The van der Waals surface area contributed by atoms with E-state index in [1.807, 2.05) is 36.4 Å². The van der Waals surface area contributed by atoms with Crippen molar-refractivity contribution in [1.29, 1.82) is 0 Å². The van der Waals surface area contributed by atoms with E-state index in [0.29, 0.717) is 24.2 Å². The minimum atomic E-state index is -0.275. The Kier molecular flexibility index (Phi) is 4.15. The molecule has 0 bridgehead atoms. The van der Waals surface area contributed by atoms with Gasteiger partial charge in [0.2, 0.25) is 0 Å². The fraction of sp³-hybridized carbons (Fsp3) is 0.250. The number of nitrogens with zero attached hydrogens (tertiary/aromatic N) is 1. The lowest BCUT2D eigenvalue weighted by molar-refractivity contribution is 0.0951. The fourth-order valence-corrected chi connectivity index (χ4v) is 3.30. The molecule has 0 aliphatic carbocycles. The molecular formula is C20H20N2O3. The molecule has 0 radical (unpaired) electrons. The molecule has 0 spiro atoms. The van der Waals surface area contributed by atoms with Gasteiger partial charge in [-0.2, -0.15) is 0 Å². The molecule has 5 nitrogen and oxygen atoms in total. The van der Waals surface area contributed by atoms with Crippen molar-refractivity contribution >= 4 is 22.6 Å². The molecule has 1 amide bonds. The van der Waals surface area contributed by atoms with Crippen molar-refractivity contribution in [3.05, 3.63) is 65.9 Å². The number of rotatable bonds is 4. The van der Waals surface area contributed by atoms with E-state index in [1.165, 1.54) is 0 Å². The van der Waals surface area contributed by atoms with Crippen molar-refractivity contribution < 1.29 is 14.3 Å². The molecular weight excluding hydrogens is 316 g/mol. The first kappa shape index (κ1) is 15.7. The summed E-state index contributed by atoms with van der Waals surface area (Å²) >= 11 is 0. The Morgan fingerprint density at radius 2 is 2.12 bits per heavy atom. The van der Waals surface area contributed by atoms with Gasteiger partial charge >= 0.3 is 0 Å². The minimum Gasteiger partial charge on any atom is -0.464 e. The summed E-state index contributed by atoms with van der Waals surface area (Å²) in [5, 5.41) is 13.7. The van der Waals surface area contributed by atoms with E-state index in [-0.39, 0.29) is 12.0 Å². The first-order valence-electron chi connectivity index (χ1n) is 8.47. The number of β-amino-alcohol motifs (C(OH)–C–C–N with tert-alkyl or cyclic N) is 1. The maximum absolute atomic E-state index is 12.5. The summed E-state index contributed by atoms with van der Waals surface area (Å²) in [4.78, 5) is 14.6. The van der Waals surface area contributed by atoms with Gasteiger partial charge in [0, 0.05) is 36.3 Å². The number of anilines is 1. The zero-order chi connectivity index (χ0) is 17.2. The highest BCUT2D eigenvalue weighted by Crippen LogP contribution is 2.25. The zero-order valence-corrected chi connectivity index (χ0v) is 13.8. The van der Waals surface area contributed by atoms with Crippen molar-refractivity contribution in [2.75, 3.05) is 18.0 Å². The van der Waals surface area contributed by atoms with Crippen molar-refractivity contribution in [2.45, 2.75) is 19.1 Å². The molecule has 1 fully saturated rings. The van der Waals surface area contributed by atoms with E-state index >= 15 is 0 Å². The van der Waals surface area contributed by atoms with Crippen LogP contribution >= 0.6 is 0 Å². The van der Waals surface area contributed by atoms with Crippen molar-refractivity contribution in [1.82, 2.24) is 5.32 Å². The number of hydrogen-bond acceptors (Lipinski definition) is 4. The number of nitrogens with one attached hydrogen (secondary N) is 1. The molecule has 0 unspecified atom stereocenters. The van der Waals surface area contributed by atoms with Crippen LogP contribution in [-0.2, 0) is 6.54 Å². The summed E-state index contributed by atoms with van der Waals surface area (Å²) in [5.41, 5.74) is 3.40. The van der Waals surface area contributed by atoms with E-state index in [0.717, 1.165) is 29.6 Å². The lowest BCUT2D eigenvalue weighted by Crippen LogP contribution is -2.26. The van der Waals surface area contributed by atoms with Gasteiger partial charge in [-0.25, -0.2) is 0 Å². The van der Waals surface area contributed by atoms with Crippen molar-refractivity contribution in [3.8, 4) is 0 Å². The van der Waals surface area contributed by atoms with Crippen molar-refractivity contribution in [2.24, 2.45) is 0 Å². The van der Waals surface area contributed by atoms with Crippen LogP contribution in [0.25, 0.3) is 11.0 Å². The minimum absolute atomic E-state index is 0.130. The second kappa shape index (κ2) is 6.61. The molecule has 2 aromatic carbocycles. The van der Waals surface area contributed by atoms with Crippen LogP contribution in [0, 0.1) is 0 Å². The van der Waals surface area contributed by atoms with E-state index in [1.54, 1.807) is 18.4 Å². The molecule has 1 atom stereocenters. The Balaban J connectivity index is 1.48. The fourth-order valence-electron chi connectivity index (χ4n) is 3.30. The smallest absolute Gasteiger partial charge is 0.251 e. The van der Waals surface area contributed by atoms with E-state index in [4.69, 9.17) is 4.42 Å². The van der Waals surface area contributed by atoms with Crippen molar-refractivity contribution in [3.63, 3.8) is 0 Å². The number of furan rings is 1. The van der Waals surface area contributed by atoms with Crippen LogP contribution in [0.15, 0.2) is 59.2 Å². The summed E-state index contributed by atoms with van der Waals surface area (Å²) < 4.78 is 5.36. The largest absolute Gasteiger partial charge is 0.464 e. The topological polar surface area (TPSA) is 65.7 Å². The summed E-state index contributed by atoms with van der Waals surface area (Å²) in [7, 11) is 0. The Morgan fingerprint density at radius 1 is 1.24 bits per heavy atom. The van der Waals surface area contributed by atoms with Gasteiger partial charge in [0.25, 0.3) is 5.91 Å². The molecule has 1 aliphatic heterocycles. The third-order valence-electron chi connectivity index (χ3n) is 4.65. The molecule has 3 aromatic rings. The van der Waals surface area contributed by atoms with Gasteiger partial charge in [0.15, 0.2) is 0 Å². The quantitative estimate of drug-likeness (QED) is 0.769. The van der Waals surface area contributed by atoms with Gasteiger partial charge in [-0.3, -0.25) is 4.79 Å². The summed E-state index contributed by atoms with van der Waals surface area (Å²) in [6.07, 6.45) is 2.12. The number of carbonyl (C=O) groups is 1. The zero-order valence-electron chi connectivity index (χ0n) is 13.8. The maximum Gasteiger partial charge on any atom is 0.251 e. The Hall–Kier alpha value is -2.79. The highest BCUT2D eigenvalue weighted by Gasteiger charge is 2.22. The number of benzene rings is 2. The normalized spacial score (nSPS) is 17.2. The lowest BCUT2D eigenvalue weighted by Gasteiger charge is -2.21. The van der Waals surface area contributed by atoms with Crippen LogP contribution in [0.4, 0.5) is 5.69 Å². The Morgan fingerprint density at radius 3 is 2.96 bits per heavy atom. The monoisotopic (exact) mass is 336 g/mol. The third-order valence-corrected chi connectivity index (χ3v) is 4.65. The Labute approximate surface area is 145 Å². The van der Waals surface area contributed by atoms with Crippen LogP contribution < -0.4 is 10.2 Å². The maximum atomic E-state index is 12.5. The standard InChI is InChI=1S/C20H20N2O3/c23-17-7-9-22(13-17)18-4-2-1-3-16(18)12-21-20(24)15-6-5-14-8-10-25-19(14)11-15/h1-6,8,10-11,17,23H,7,9,12-13H2,(H,21,24)/t17-/m1/s1. The number of amides is 1. The van der Waals surface area contributed by atoms with Crippen LogP contribution in [0.1, 0.15) is 22.3 Å². The Bertz CT molecular complexity index is 903. The summed E-state index contributed by atoms with van der Waals surface area (Å²) in [6.45, 7) is 1.92. The second-order valence-electron chi connectivity index (χ2n) is 6.37.